The molecule has 0 aromatic carbocycles. The molecule has 0 rings (SSSR count). The lowest BCUT2D eigenvalue weighted by atomic mass is 10.0. The molecule has 0 aliphatic carbocycles. The maximum atomic E-state index is 13.2. The van der Waals surface area contributed by atoms with Crippen LogP contribution in [0.1, 0.15) is 303 Å². The Morgan fingerprint density at radius 3 is 1.14 bits per heavy atom. The summed E-state index contributed by atoms with van der Waals surface area (Å²) in [6.07, 6.45) is 59.5. The van der Waals surface area contributed by atoms with Gasteiger partial charge in [-0.1, -0.05) is 238 Å². The number of hydrogen-bond acceptors (Lipinski definition) is 5. The highest BCUT2D eigenvalue weighted by Gasteiger charge is 2.24. The van der Waals surface area contributed by atoms with E-state index in [2.05, 4.69) is 50.4 Å². The van der Waals surface area contributed by atoms with Crippen LogP contribution >= 0.6 is 0 Å². The van der Waals surface area contributed by atoms with Crippen LogP contribution in [-0.4, -0.2) is 46.9 Å². The molecule has 6 nitrogen and oxygen atoms in total. The van der Waals surface area contributed by atoms with Crippen molar-refractivity contribution in [3.05, 3.63) is 24.3 Å². The van der Waals surface area contributed by atoms with Crippen molar-refractivity contribution in [3.8, 4) is 0 Å². The van der Waals surface area contributed by atoms with Gasteiger partial charge in [-0.25, -0.2) is 0 Å². The van der Waals surface area contributed by atoms with Crippen molar-refractivity contribution in [2.24, 2.45) is 0 Å². The molecule has 0 aliphatic heterocycles. The van der Waals surface area contributed by atoms with Crippen LogP contribution in [0.5, 0.6) is 0 Å². The molecule has 1 amide bonds. The first-order chi connectivity index (χ1) is 31.0. The van der Waals surface area contributed by atoms with E-state index in [0.717, 1.165) is 57.8 Å². The molecule has 3 N–H and O–H groups in total. The standard InChI is InChI=1S/C57H109NO5/c1-4-7-10-13-16-19-22-25-27-28-29-32-35-38-41-44-47-50-57(62)63-53(48-45-42-39-36-33-31-26-23-20-17-14-11-8-5-2)51-56(61)58-54(52-59)55(60)49-46-43-40-37-34-30-24-21-18-15-12-9-6-3/h25,27,31,33,53-55,59-60H,4-24,26,28-30,32,34-52H2,1-3H3,(H,58,61)/b27-25+,33-31+. The lowest BCUT2D eigenvalue weighted by Gasteiger charge is -2.24. The first-order valence-electron chi connectivity index (χ1n) is 28.1. The molecule has 6 heteroatoms. The van der Waals surface area contributed by atoms with Gasteiger partial charge in [0, 0.05) is 6.42 Å². The molecule has 0 bridgehead atoms. The number of allylic oxidation sites excluding steroid dienone is 4. The molecular weight excluding hydrogens is 779 g/mol. The molecule has 0 aliphatic rings. The van der Waals surface area contributed by atoms with Gasteiger partial charge in [0.1, 0.15) is 6.10 Å². The summed E-state index contributed by atoms with van der Waals surface area (Å²) in [7, 11) is 0. The fourth-order valence-corrected chi connectivity index (χ4v) is 8.72. The van der Waals surface area contributed by atoms with Crippen molar-refractivity contribution in [3.63, 3.8) is 0 Å². The summed E-state index contributed by atoms with van der Waals surface area (Å²) in [5.74, 6) is -0.479. The van der Waals surface area contributed by atoms with Gasteiger partial charge in [0.15, 0.2) is 0 Å². The lowest BCUT2D eigenvalue weighted by Crippen LogP contribution is -2.46. The quantitative estimate of drug-likeness (QED) is 0.0321. The summed E-state index contributed by atoms with van der Waals surface area (Å²) in [5, 5.41) is 23.8. The van der Waals surface area contributed by atoms with Crippen molar-refractivity contribution >= 4 is 11.9 Å². The fourth-order valence-electron chi connectivity index (χ4n) is 8.72. The van der Waals surface area contributed by atoms with Crippen LogP contribution in [0.2, 0.25) is 0 Å². The number of aliphatic hydroxyl groups excluding tert-OH is 2. The number of carbonyl (C=O) groups is 2. The highest BCUT2D eigenvalue weighted by Crippen LogP contribution is 2.18. The molecule has 3 unspecified atom stereocenters. The molecule has 0 radical (unpaired) electrons. The Morgan fingerprint density at radius 1 is 0.444 bits per heavy atom. The van der Waals surface area contributed by atoms with Gasteiger partial charge in [-0.2, -0.15) is 0 Å². The first-order valence-corrected chi connectivity index (χ1v) is 28.1. The fraction of sp³-hybridized carbons (Fsp3) is 0.895. The van der Waals surface area contributed by atoms with Crippen molar-refractivity contribution < 1.29 is 24.5 Å². The second-order valence-corrected chi connectivity index (χ2v) is 19.3. The summed E-state index contributed by atoms with van der Waals surface area (Å²) >= 11 is 0. The van der Waals surface area contributed by atoms with Gasteiger partial charge in [-0.15, -0.1) is 0 Å². The Bertz CT molecular complexity index is 997. The third-order valence-electron chi connectivity index (χ3n) is 13.0. The first kappa shape index (κ1) is 61.3. The van der Waals surface area contributed by atoms with Crippen molar-refractivity contribution in [2.45, 2.75) is 322 Å². The number of esters is 1. The van der Waals surface area contributed by atoms with Crippen molar-refractivity contribution in [1.29, 1.82) is 0 Å². The van der Waals surface area contributed by atoms with Crippen molar-refractivity contribution in [2.75, 3.05) is 6.61 Å². The maximum absolute atomic E-state index is 13.2. The minimum Gasteiger partial charge on any atom is -0.462 e. The number of unbranched alkanes of at least 4 members (excludes halogenated alkanes) is 35. The monoisotopic (exact) mass is 888 g/mol. The van der Waals surface area contributed by atoms with Crippen LogP contribution in [0.15, 0.2) is 24.3 Å². The number of ether oxygens (including phenoxy) is 1. The van der Waals surface area contributed by atoms with Crippen LogP contribution in [0, 0.1) is 0 Å². The molecule has 0 spiro atoms. The molecule has 0 aromatic heterocycles. The summed E-state index contributed by atoms with van der Waals surface area (Å²) in [6, 6.07) is -0.703. The van der Waals surface area contributed by atoms with E-state index in [-0.39, 0.29) is 24.9 Å². The Kier molecular flexibility index (Phi) is 50.0. The number of amides is 1. The maximum Gasteiger partial charge on any atom is 0.306 e. The van der Waals surface area contributed by atoms with Gasteiger partial charge in [-0.05, 0) is 77.0 Å². The Hall–Kier alpha value is -1.66. The number of rotatable bonds is 51. The average molecular weight is 889 g/mol. The summed E-state index contributed by atoms with van der Waals surface area (Å²) in [4.78, 5) is 26.2. The molecular formula is C57H109NO5. The van der Waals surface area contributed by atoms with Crippen LogP contribution in [0.25, 0.3) is 0 Å². The highest BCUT2D eigenvalue weighted by atomic mass is 16.5. The molecule has 0 heterocycles. The zero-order valence-electron chi connectivity index (χ0n) is 42.5. The van der Waals surface area contributed by atoms with E-state index in [1.165, 1.54) is 199 Å². The molecule has 0 saturated heterocycles. The van der Waals surface area contributed by atoms with Crippen LogP contribution in [0.3, 0.4) is 0 Å². The third kappa shape index (κ3) is 46.7. The summed E-state index contributed by atoms with van der Waals surface area (Å²) < 4.78 is 5.95. The van der Waals surface area contributed by atoms with E-state index in [0.29, 0.717) is 19.3 Å². The molecule has 0 saturated carbocycles. The van der Waals surface area contributed by atoms with Gasteiger partial charge in [0.2, 0.25) is 5.91 Å². The highest BCUT2D eigenvalue weighted by molar-refractivity contribution is 5.77. The van der Waals surface area contributed by atoms with Gasteiger partial charge >= 0.3 is 5.97 Å². The minimum absolute atomic E-state index is 0.0697. The third-order valence-corrected chi connectivity index (χ3v) is 13.0. The van der Waals surface area contributed by atoms with E-state index in [1.54, 1.807) is 0 Å². The predicted octanol–water partition coefficient (Wildman–Crippen LogP) is 17.1. The van der Waals surface area contributed by atoms with Crippen LogP contribution < -0.4 is 5.32 Å². The summed E-state index contributed by atoms with van der Waals surface area (Å²) in [5.41, 5.74) is 0. The van der Waals surface area contributed by atoms with E-state index in [9.17, 15) is 19.8 Å². The SMILES string of the molecule is CCCCCCCC/C=C/CCCCCCCCCC(=O)OC(CCCCC/C=C/CCCCCCCCC)CC(=O)NC(CO)C(O)CCCCCCCCCCCCCCC. The normalized spacial score (nSPS) is 13.3. The minimum atomic E-state index is -0.789. The van der Waals surface area contributed by atoms with Gasteiger partial charge in [0.05, 0.1) is 25.2 Å². The predicted molar refractivity (Wildman–Crippen MR) is 273 cm³/mol. The number of aliphatic hydroxyl groups is 2. The van der Waals surface area contributed by atoms with Gasteiger partial charge in [0.25, 0.3) is 0 Å². The molecule has 63 heavy (non-hydrogen) atoms. The van der Waals surface area contributed by atoms with E-state index in [1.807, 2.05) is 0 Å². The van der Waals surface area contributed by atoms with Gasteiger partial charge < -0.3 is 20.3 Å². The molecule has 372 valence electrons. The van der Waals surface area contributed by atoms with E-state index in [4.69, 9.17) is 4.74 Å². The number of nitrogens with one attached hydrogen (secondary N) is 1. The second-order valence-electron chi connectivity index (χ2n) is 19.3. The van der Waals surface area contributed by atoms with E-state index < -0.39 is 18.2 Å². The smallest absolute Gasteiger partial charge is 0.306 e. The lowest BCUT2D eigenvalue weighted by molar-refractivity contribution is -0.151. The zero-order valence-corrected chi connectivity index (χ0v) is 42.5. The topological polar surface area (TPSA) is 95.9 Å². The van der Waals surface area contributed by atoms with E-state index >= 15 is 0 Å². The largest absolute Gasteiger partial charge is 0.462 e. The number of carbonyl (C=O) groups excluding carboxylic acids is 2. The molecule has 0 fully saturated rings. The Morgan fingerprint density at radius 2 is 0.762 bits per heavy atom. The molecule has 0 aromatic rings. The Balaban J connectivity index is 4.55. The second kappa shape index (κ2) is 51.3. The van der Waals surface area contributed by atoms with Gasteiger partial charge in [-0.3, -0.25) is 9.59 Å². The number of hydrogen-bond donors (Lipinski definition) is 3. The summed E-state index contributed by atoms with van der Waals surface area (Å²) in [6.45, 7) is 6.50. The average Bonchev–Trinajstić information content (AvgIpc) is 3.28. The molecule has 3 atom stereocenters. The van der Waals surface area contributed by atoms with Crippen LogP contribution in [-0.2, 0) is 14.3 Å². The Labute approximate surface area is 392 Å². The zero-order chi connectivity index (χ0) is 45.9. The van der Waals surface area contributed by atoms with Crippen molar-refractivity contribution in [1.82, 2.24) is 5.32 Å². The van der Waals surface area contributed by atoms with Crippen LogP contribution in [0.4, 0.5) is 0 Å².